The van der Waals surface area contributed by atoms with E-state index in [4.69, 9.17) is 4.42 Å². The Morgan fingerprint density at radius 3 is 2.95 bits per heavy atom. The molecule has 0 spiro atoms. The predicted molar refractivity (Wildman–Crippen MR) is 79.3 cm³/mol. The monoisotopic (exact) mass is 271 g/mol. The van der Waals surface area contributed by atoms with Gasteiger partial charge in [0.2, 0.25) is 12.3 Å². The fourth-order valence-electron chi connectivity index (χ4n) is 2.99. The van der Waals surface area contributed by atoms with E-state index in [0.29, 0.717) is 11.9 Å². The standard InChI is InChI=1S/C16H21N3O/c1-11-6-7-12(2)15(8-11)18-14-5-3-4-13(9-14)16-19-17-10-20-16/h3-5,9-12,15,18H,6-8H2,1-2H3. The maximum Gasteiger partial charge on any atom is 0.247 e. The Hall–Kier alpha value is -1.84. The molecular weight excluding hydrogens is 250 g/mol. The summed E-state index contributed by atoms with van der Waals surface area (Å²) >= 11 is 0. The number of aromatic nitrogens is 2. The van der Waals surface area contributed by atoms with Gasteiger partial charge in [-0.2, -0.15) is 0 Å². The smallest absolute Gasteiger partial charge is 0.247 e. The zero-order valence-corrected chi connectivity index (χ0v) is 12.0. The molecule has 3 rings (SSSR count). The lowest BCUT2D eigenvalue weighted by Gasteiger charge is -2.34. The van der Waals surface area contributed by atoms with E-state index in [1.807, 2.05) is 12.1 Å². The van der Waals surface area contributed by atoms with E-state index < -0.39 is 0 Å². The summed E-state index contributed by atoms with van der Waals surface area (Å²) in [6.45, 7) is 4.68. The lowest BCUT2D eigenvalue weighted by molar-refractivity contribution is 0.281. The number of nitrogens with zero attached hydrogens (tertiary/aromatic N) is 2. The maximum absolute atomic E-state index is 5.25. The molecule has 2 aromatic rings. The average Bonchev–Trinajstić information content (AvgIpc) is 2.97. The molecule has 20 heavy (non-hydrogen) atoms. The highest BCUT2D eigenvalue weighted by molar-refractivity contribution is 5.61. The highest BCUT2D eigenvalue weighted by Gasteiger charge is 2.25. The molecule has 3 unspecified atom stereocenters. The Morgan fingerprint density at radius 1 is 1.25 bits per heavy atom. The Balaban J connectivity index is 1.76. The fraction of sp³-hybridized carbons (Fsp3) is 0.500. The van der Waals surface area contributed by atoms with Crippen molar-refractivity contribution in [3.63, 3.8) is 0 Å². The van der Waals surface area contributed by atoms with Crippen LogP contribution in [0.3, 0.4) is 0 Å². The highest BCUT2D eigenvalue weighted by atomic mass is 16.4. The van der Waals surface area contributed by atoms with Crippen molar-refractivity contribution in [2.45, 2.75) is 39.2 Å². The Morgan fingerprint density at radius 2 is 2.15 bits per heavy atom. The van der Waals surface area contributed by atoms with Crippen molar-refractivity contribution >= 4 is 5.69 Å². The van der Waals surface area contributed by atoms with E-state index in [1.165, 1.54) is 25.7 Å². The second-order valence-electron chi connectivity index (χ2n) is 5.97. The third kappa shape index (κ3) is 2.84. The molecule has 1 fully saturated rings. The summed E-state index contributed by atoms with van der Waals surface area (Å²) < 4.78 is 5.25. The van der Waals surface area contributed by atoms with Crippen molar-refractivity contribution in [3.05, 3.63) is 30.7 Å². The van der Waals surface area contributed by atoms with Gasteiger partial charge in [-0.3, -0.25) is 0 Å². The molecule has 4 heteroatoms. The van der Waals surface area contributed by atoms with Crippen LogP contribution in [-0.2, 0) is 0 Å². The van der Waals surface area contributed by atoms with Crippen molar-refractivity contribution < 1.29 is 4.42 Å². The molecule has 106 valence electrons. The predicted octanol–water partition coefficient (Wildman–Crippen LogP) is 3.97. The molecule has 1 aromatic heterocycles. The second-order valence-corrected chi connectivity index (χ2v) is 5.97. The topological polar surface area (TPSA) is 51.0 Å². The van der Waals surface area contributed by atoms with E-state index in [2.05, 4.69) is 41.5 Å². The summed E-state index contributed by atoms with van der Waals surface area (Å²) in [5.41, 5.74) is 2.09. The van der Waals surface area contributed by atoms with Crippen LogP contribution in [0.15, 0.2) is 35.1 Å². The molecule has 0 saturated heterocycles. The van der Waals surface area contributed by atoms with Gasteiger partial charge in [0.05, 0.1) is 0 Å². The van der Waals surface area contributed by atoms with Gasteiger partial charge < -0.3 is 9.73 Å². The van der Waals surface area contributed by atoms with E-state index >= 15 is 0 Å². The maximum atomic E-state index is 5.25. The minimum absolute atomic E-state index is 0.552. The molecule has 1 N–H and O–H groups in total. The van der Waals surface area contributed by atoms with Crippen LogP contribution in [0.2, 0.25) is 0 Å². The molecule has 1 saturated carbocycles. The van der Waals surface area contributed by atoms with Crippen molar-refractivity contribution in [3.8, 4) is 11.5 Å². The van der Waals surface area contributed by atoms with Gasteiger partial charge in [0, 0.05) is 17.3 Å². The van der Waals surface area contributed by atoms with Crippen LogP contribution in [0.25, 0.3) is 11.5 Å². The summed E-state index contributed by atoms with van der Waals surface area (Å²) in [6.07, 6.45) is 5.26. The summed E-state index contributed by atoms with van der Waals surface area (Å²) in [4.78, 5) is 0. The normalized spacial score (nSPS) is 26.4. The number of benzene rings is 1. The first-order valence-corrected chi connectivity index (χ1v) is 7.35. The largest absolute Gasteiger partial charge is 0.423 e. The fourth-order valence-corrected chi connectivity index (χ4v) is 2.99. The summed E-state index contributed by atoms with van der Waals surface area (Å²) in [5, 5.41) is 11.4. The molecule has 1 heterocycles. The summed E-state index contributed by atoms with van der Waals surface area (Å²) in [7, 11) is 0. The number of anilines is 1. The van der Waals surface area contributed by atoms with Gasteiger partial charge in [-0.05, 0) is 42.9 Å². The minimum Gasteiger partial charge on any atom is -0.423 e. The van der Waals surface area contributed by atoms with Crippen LogP contribution in [0.4, 0.5) is 5.69 Å². The first-order valence-electron chi connectivity index (χ1n) is 7.35. The number of hydrogen-bond acceptors (Lipinski definition) is 4. The van der Waals surface area contributed by atoms with E-state index in [1.54, 1.807) is 0 Å². The number of rotatable bonds is 3. The second kappa shape index (κ2) is 5.65. The van der Waals surface area contributed by atoms with E-state index in [-0.39, 0.29) is 0 Å². The van der Waals surface area contributed by atoms with Crippen molar-refractivity contribution in [1.29, 1.82) is 0 Å². The summed E-state index contributed by atoms with van der Waals surface area (Å²) in [6, 6.07) is 8.76. The van der Waals surface area contributed by atoms with Crippen LogP contribution in [0.5, 0.6) is 0 Å². The third-order valence-corrected chi connectivity index (χ3v) is 4.28. The van der Waals surface area contributed by atoms with Gasteiger partial charge in [-0.25, -0.2) is 0 Å². The molecule has 0 aliphatic heterocycles. The molecule has 1 aliphatic carbocycles. The highest BCUT2D eigenvalue weighted by Crippen LogP contribution is 2.31. The lowest BCUT2D eigenvalue weighted by atomic mass is 9.80. The summed E-state index contributed by atoms with van der Waals surface area (Å²) in [5.74, 6) is 2.10. The van der Waals surface area contributed by atoms with Gasteiger partial charge in [0.15, 0.2) is 0 Å². The zero-order chi connectivity index (χ0) is 13.9. The first-order chi connectivity index (χ1) is 9.72. The van der Waals surface area contributed by atoms with Gasteiger partial charge in [-0.15, -0.1) is 10.2 Å². The lowest BCUT2D eigenvalue weighted by Crippen LogP contribution is -2.33. The quantitative estimate of drug-likeness (QED) is 0.917. The number of nitrogens with one attached hydrogen (secondary N) is 1. The van der Waals surface area contributed by atoms with Crippen LogP contribution < -0.4 is 5.32 Å². The van der Waals surface area contributed by atoms with E-state index in [0.717, 1.165) is 23.1 Å². The molecule has 0 amide bonds. The molecule has 1 aliphatic rings. The molecule has 0 radical (unpaired) electrons. The van der Waals surface area contributed by atoms with Crippen LogP contribution in [0.1, 0.15) is 33.1 Å². The van der Waals surface area contributed by atoms with Crippen molar-refractivity contribution in [2.75, 3.05) is 5.32 Å². The first kappa shape index (κ1) is 13.2. The third-order valence-electron chi connectivity index (χ3n) is 4.28. The number of hydrogen-bond donors (Lipinski definition) is 1. The SMILES string of the molecule is CC1CCC(C)C(Nc2cccc(-c3nnco3)c2)C1. The Bertz CT molecular complexity index is 553. The van der Waals surface area contributed by atoms with Crippen LogP contribution >= 0.6 is 0 Å². The van der Waals surface area contributed by atoms with Gasteiger partial charge in [-0.1, -0.05) is 26.3 Å². The van der Waals surface area contributed by atoms with Crippen LogP contribution in [0, 0.1) is 11.8 Å². The van der Waals surface area contributed by atoms with Crippen molar-refractivity contribution in [2.24, 2.45) is 11.8 Å². The van der Waals surface area contributed by atoms with Gasteiger partial charge in [0.25, 0.3) is 0 Å². The zero-order valence-electron chi connectivity index (χ0n) is 12.0. The van der Waals surface area contributed by atoms with Gasteiger partial charge in [0.1, 0.15) is 0 Å². The molecular formula is C16H21N3O. The molecule has 0 bridgehead atoms. The van der Waals surface area contributed by atoms with Crippen LogP contribution in [-0.4, -0.2) is 16.2 Å². The average molecular weight is 271 g/mol. The Kier molecular flexibility index (Phi) is 3.72. The molecule has 3 atom stereocenters. The Labute approximate surface area is 119 Å². The molecule has 1 aromatic carbocycles. The molecule has 4 nitrogen and oxygen atoms in total. The van der Waals surface area contributed by atoms with Gasteiger partial charge >= 0.3 is 0 Å². The van der Waals surface area contributed by atoms with E-state index in [9.17, 15) is 0 Å². The minimum atomic E-state index is 0.552. The van der Waals surface area contributed by atoms with Crippen molar-refractivity contribution in [1.82, 2.24) is 10.2 Å².